The van der Waals surface area contributed by atoms with E-state index in [1.165, 1.54) is 18.0 Å². The zero-order chi connectivity index (χ0) is 90.8. The summed E-state index contributed by atoms with van der Waals surface area (Å²) < 4.78 is 42.3. The van der Waals surface area contributed by atoms with Gasteiger partial charge in [0, 0.05) is 70.0 Å². The molecule has 42 nitrogen and oxygen atoms in total. The Morgan fingerprint density at radius 1 is 0.689 bits per heavy atom. The molecule has 2 saturated heterocycles. The van der Waals surface area contributed by atoms with Crippen molar-refractivity contribution in [2.24, 2.45) is 28.5 Å². The molecule has 2 aliphatic rings. The van der Waals surface area contributed by atoms with Crippen molar-refractivity contribution in [3.63, 3.8) is 0 Å². The average Bonchev–Trinajstić information content (AvgIpc) is 1.48. The number of nitrogens with two attached hydrogens (primary N) is 3. The van der Waals surface area contributed by atoms with Crippen LogP contribution in [0, 0.1) is 16.7 Å². The number of cyclic esters (lactones) is 1. The Bertz CT molecular complexity index is 4590. The van der Waals surface area contributed by atoms with Gasteiger partial charge in [0.25, 0.3) is 10.1 Å². The molecule has 666 valence electrons. The van der Waals surface area contributed by atoms with Crippen molar-refractivity contribution < 1.29 is 104 Å². The second kappa shape index (κ2) is 45.1. The van der Waals surface area contributed by atoms with Gasteiger partial charge in [-0.1, -0.05) is 113 Å². The number of likely N-dealkylation sites (N-methyl/N-ethyl adjacent to an activating group) is 2. The number of para-hydroxylation sites is 1. The molecule has 22 N–H and O–H groups in total. The Balaban J connectivity index is 1.36. The van der Waals surface area contributed by atoms with Crippen LogP contribution in [0.5, 0.6) is 0 Å². The lowest BCUT2D eigenvalue weighted by molar-refractivity contribution is -0.158. The van der Waals surface area contributed by atoms with E-state index in [2.05, 4.69) is 68.8 Å². The number of amides is 16. The van der Waals surface area contributed by atoms with Crippen LogP contribution < -0.4 is 81.0 Å². The summed E-state index contributed by atoms with van der Waals surface area (Å²) >= 11 is 0. The first-order valence-electron chi connectivity index (χ1n) is 39.4. The molecule has 16 amide bonds. The van der Waals surface area contributed by atoms with Gasteiger partial charge in [0.2, 0.25) is 95.0 Å². The Morgan fingerprint density at radius 2 is 1.29 bits per heavy atom. The van der Waals surface area contributed by atoms with Gasteiger partial charge in [0.05, 0.1) is 12.5 Å². The van der Waals surface area contributed by atoms with Crippen LogP contribution >= 0.6 is 0 Å². The SMILES string of the molecule is CC1OC(=O)CN(C)C(=O)C(CC(N)=O)NC(=O)[C@H]([C@@H](C)O)NC(=O)[C@@H](Cc2ccccc2)NC(=O)C(CCC(N)=O)N(C)C(=O)C1NC(=O)[C@@H](CS(=O)(=O)O)NC(=O)[C@H](CCCNC(=N)N)NC(=O)[C@H](Cc1c[nH]c2ccccc12)NC(=O)[C@H](NC(=O)[C@H](NC(=O)[C@@H]1CCCN1C(=O)[C@H](Cc1ccccc1)NC(=O)[C@@H](C)NC=O)C(C)C)C(C)(C)C. The number of guanidine groups is 1. The first-order valence-corrected chi connectivity index (χ1v) is 41.1. The van der Waals surface area contributed by atoms with E-state index in [1.54, 1.807) is 120 Å². The first kappa shape index (κ1) is 98.2. The third-order valence-corrected chi connectivity index (χ3v) is 21.1. The predicted octanol–water partition coefficient (Wildman–Crippen LogP) is -5.23. The highest BCUT2D eigenvalue weighted by Gasteiger charge is 2.45. The maximum absolute atomic E-state index is 15.4. The van der Waals surface area contributed by atoms with Crippen molar-refractivity contribution >= 4 is 128 Å². The standard InChI is InChI=1S/C79H112N20O22S/c1-41(2)61(93-71(111)57-28-20-32-99(57)76(116)53(34-46-23-15-12-16-24-46)90-65(105)42(3)86-40-100)72(112)96-64(79(6,7)8)74(114)89-52(35-47-37-85-49-26-18-17-25-48(47)49)67(107)87-50(27-19-31-84-78(82)83)66(106)92-55(39-122(118,119)120)69(109)95-63-44(5)121-60(104)38-97(9)75(115)54(36-59(81)103)91-73(113)62(43(4)101)94-68(108)51(33-45-21-13-11-14-22-45)88-70(110)56(29-30-58(80)102)98(10)77(63)117/h11-18,21-26,37,40-44,50-57,61-64,85,101H,19-20,27-36,38-39H2,1-10H3,(H2,80,102)(H2,81,103)(H,86,100)(H,87,107)(H,88,110)(H,89,114)(H,90,105)(H,91,113)(H,92,106)(H,93,111)(H,94,108)(H,95,109)(H,96,112)(H4,82,83,84)(H,118,119,120)/t42-,43-,44?,50+,51-,52+,53+,54?,55-,56?,57+,61-,62+,63?,64+/m1/s1. The summed E-state index contributed by atoms with van der Waals surface area (Å²) in [6, 6.07) is 1.12. The van der Waals surface area contributed by atoms with Crippen molar-refractivity contribution in [2.75, 3.05) is 39.5 Å². The van der Waals surface area contributed by atoms with Crippen molar-refractivity contribution in [3.05, 3.63) is 108 Å². The molecule has 2 aliphatic heterocycles. The van der Waals surface area contributed by atoms with Gasteiger partial charge in [-0.25, -0.2) is 0 Å². The van der Waals surface area contributed by atoms with Crippen molar-refractivity contribution in [3.8, 4) is 0 Å². The van der Waals surface area contributed by atoms with Gasteiger partial charge in [0.1, 0.15) is 96.9 Å². The molecule has 0 radical (unpaired) electrons. The lowest BCUT2D eigenvalue weighted by Crippen LogP contribution is -2.64. The number of esters is 1. The van der Waals surface area contributed by atoms with E-state index in [-0.39, 0.29) is 45.2 Å². The molecule has 0 aliphatic carbocycles. The van der Waals surface area contributed by atoms with Crippen LogP contribution in [0.1, 0.15) is 117 Å². The van der Waals surface area contributed by atoms with Gasteiger partial charge >= 0.3 is 5.97 Å². The number of aliphatic hydroxyl groups is 1. The lowest BCUT2D eigenvalue weighted by Gasteiger charge is -2.34. The van der Waals surface area contributed by atoms with E-state index in [0.29, 0.717) is 50.2 Å². The zero-order valence-corrected chi connectivity index (χ0v) is 70.2. The van der Waals surface area contributed by atoms with E-state index in [0.717, 1.165) is 27.9 Å². The Kier molecular flexibility index (Phi) is 36.3. The highest BCUT2D eigenvalue weighted by molar-refractivity contribution is 7.85. The molecular weight excluding hydrogens is 1610 g/mol. The number of carbonyl (C=O) groups is 17. The molecular formula is C79H112N20O22S. The molecule has 15 atom stereocenters. The van der Waals surface area contributed by atoms with Crippen LogP contribution in [0.15, 0.2) is 91.1 Å². The quantitative estimate of drug-likeness (QED) is 0.00505. The number of primary amides is 2. The number of hydrogen-bond acceptors (Lipinski definition) is 22. The number of hydrogen-bond donors (Lipinski definition) is 19. The fourth-order valence-electron chi connectivity index (χ4n) is 13.7. The topological polar surface area (TPSA) is 646 Å². The highest BCUT2D eigenvalue weighted by atomic mass is 32.2. The number of likely N-dealkylation sites (tertiary alicyclic amines) is 1. The fraction of sp³-hybridized carbons (Fsp3) is 0.519. The molecule has 0 bridgehead atoms. The third kappa shape index (κ3) is 29.4. The molecule has 4 unspecified atom stereocenters. The third-order valence-electron chi connectivity index (χ3n) is 20.3. The summed E-state index contributed by atoms with van der Waals surface area (Å²) in [7, 11) is -3.48. The van der Waals surface area contributed by atoms with Gasteiger partial charge in [-0.15, -0.1) is 0 Å². The van der Waals surface area contributed by atoms with Gasteiger partial charge in [0.15, 0.2) is 5.96 Å². The van der Waals surface area contributed by atoms with Crippen LogP contribution in [-0.4, -0.2) is 275 Å². The smallest absolute Gasteiger partial charge is 0.325 e. The largest absolute Gasteiger partial charge is 0.459 e. The van der Waals surface area contributed by atoms with Crippen LogP contribution in [0.2, 0.25) is 0 Å². The molecule has 4 aromatic rings. The molecule has 43 heteroatoms. The molecule has 3 heterocycles. The number of aromatic nitrogens is 1. The summed E-state index contributed by atoms with van der Waals surface area (Å²) in [5.41, 5.74) is 17.4. The van der Waals surface area contributed by atoms with Crippen molar-refractivity contribution in [1.82, 2.24) is 83.5 Å². The first-order chi connectivity index (χ1) is 57.3. The van der Waals surface area contributed by atoms with Crippen LogP contribution in [0.4, 0.5) is 0 Å². The lowest BCUT2D eigenvalue weighted by atomic mass is 9.85. The second-order valence-corrected chi connectivity index (χ2v) is 33.0. The van der Waals surface area contributed by atoms with E-state index in [9.17, 15) is 75.6 Å². The zero-order valence-electron chi connectivity index (χ0n) is 69.4. The fourth-order valence-corrected chi connectivity index (χ4v) is 14.4. The van der Waals surface area contributed by atoms with E-state index >= 15 is 24.0 Å². The monoisotopic (exact) mass is 1720 g/mol. The van der Waals surface area contributed by atoms with E-state index in [4.69, 9.17) is 27.3 Å². The predicted molar refractivity (Wildman–Crippen MR) is 439 cm³/mol. The minimum Gasteiger partial charge on any atom is -0.459 e. The average molecular weight is 1730 g/mol. The summed E-state index contributed by atoms with van der Waals surface area (Å²) in [6.45, 7) is 10.3. The van der Waals surface area contributed by atoms with E-state index < -0.39 is 251 Å². The van der Waals surface area contributed by atoms with Crippen LogP contribution in [0.3, 0.4) is 0 Å². The number of aromatic amines is 1. The number of carbonyl (C=O) groups excluding carboxylic acids is 17. The molecule has 0 spiro atoms. The van der Waals surface area contributed by atoms with Crippen LogP contribution in [0.25, 0.3) is 10.9 Å². The van der Waals surface area contributed by atoms with Gasteiger partial charge < -0.3 is 111 Å². The van der Waals surface area contributed by atoms with Crippen molar-refractivity contribution in [2.45, 2.75) is 210 Å². The maximum atomic E-state index is 15.4. The van der Waals surface area contributed by atoms with Gasteiger partial charge in [-0.05, 0) is 87.0 Å². The highest BCUT2D eigenvalue weighted by Crippen LogP contribution is 2.26. The second-order valence-electron chi connectivity index (χ2n) is 31.5. The molecule has 3 aromatic carbocycles. The molecule has 122 heavy (non-hydrogen) atoms. The van der Waals surface area contributed by atoms with Gasteiger partial charge in [-0.2, -0.15) is 8.42 Å². The summed E-state index contributed by atoms with van der Waals surface area (Å²) in [5, 5.41) is 49.0. The minimum absolute atomic E-state index is 0.00747. The molecule has 1 aromatic heterocycles. The van der Waals surface area contributed by atoms with Gasteiger partial charge in [-0.3, -0.25) is 91.5 Å². The number of nitrogens with zero attached hydrogens (tertiary/aromatic N) is 3. The number of H-pyrrole nitrogens is 1. The number of ether oxygens (including phenoxy) is 1. The Hall–Kier alpha value is -12.7. The minimum atomic E-state index is -5.45. The maximum Gasteiger partial charge on any atom is 0.325 e. The Labute approximate surface area is 704 Å². The normalized spacial score (nSPS) is 20.4. The summed E-state index contributed by atoms with van der Waals surface area (Å²) in [5.74, 6) is -20.9. The molecule has 0 saturated carbocycles. The number of benzene rings is 3. The molecule has 6 rings (SSSR count). The summed E-state index contributed by atoms with van der Waals surface area (Å²) in [6.07, 6.45) is -5.01. The number of nitrogens with one attached hydrogen (secondary N) is 14. The summed E-state index contributed by atoms with van der Waals surface area (Å²) in [4.78, 5) is 246. The van der Waals surface area contributed by atoms with Crippen LogP contribution in [-0.2, 0) is 116 Å². The number of rotatable bonds is 36. The number of fused-ring (bicyclic) bond motifs is 1. The van der Waals surface area contributed by atoms with Crippen molar-refractivity contribution in [1.29, 1.82) is 5.41 Å². The molecule has 2 fully saturated rings. The number of aliphatic hydroxyl groups excluding tert-OH is 1. The Morgan fingerprint density at radius 3 is 1.89 bits per heavy atom. The van der Waals surface area contributed by atoms with E-state index in [1.807, 2.05) is 0 Å².